The summed E-state index contributed by atoms with van der Waals surface area (Å²) in [4.78, 5) is 10.9. The molecule has 0 radical (unpaired) electrons. The third kappa shape index (κ3) is 2.37. The first-order chi connectivity index (χ1) is 8.39. The largest absolute Gasteiger partial charge is 0.471 e. The molecule has 1 atom stereocenters. The van der Waals surface area contributed by atoms with Gasteiger partial charge in [0, 0.05) is 5.56 Å². The number of hydrogen-bond acceptors (Lipinski definition) is 1. The molecule has 0 saturated carbocycles. The van der Waals surface area contributed by atoms with Gasteiger partial charge in [0.05, 0.1) is 6.04 Å². The molecule has 1 aliphatic rings. The molecule has 0 aliphatic heterocycles. The van der Waals surface area contributed by atoms with Crippen LogP contribution in [0.1, 0.15) is 23.6 Å². The van der Waals surface area contributed by atoms with Crippen molar-refractivity contribution in [1.82, 2.24) is 5.32 Å². The number of halogens is 4. The van der Waals surface area contributed by atoms with Crippen molar-refractivity contribution in [2.45, 2.75) is 18.6 Å². The molecule has 0 bridgehead atoms. The molecule has 0 unspecified atom stereocenters. The summed E-state index contributed by atoms with van der Waals surface area (Å²) in [6.45, 7) is 0. The first kappa shape index (κ1) is 12.6. The van der Waals surface area contributed by atoms with E-state index in [2.05, 4.69) is 0 Å². The molecule has 0 spiro atoms. The van der Waals surface area contributed by atoms with Crippen molar-refractivity contribution in [3.8, 4) is 0 Å². The van der Waals surface area contributed by atoms with Crippen molar-refractivity contribution in [2.24, 2.45) is 0 Å². The number of nitrogens with one attached hydrogen (secondary N) is 1. The van der Waals surface area contributed by atoms with Gasteiger partial charge in [-0.2, -0.15) is 13.2 Å². The summed E-state index contributed by atoms with van der Waals surface area (Å²) < 4.78 is 49.9. The van der Waals surface area contributed by atoms with E-state index in [1.165, 1.54) is 18.2 Å². The van der Waals surface area contributed by atoms with Gasteiger partial charge in [-0.05, 0) is 18.1 Å². The van der Waals surface area contributed by atoms with Crippen LogP contribution in [0.5, 0.6) is 0 Å². The van der Waals surface area contributed by atoms with E-state index in [-0.39, 0.29) is 12.0 Å². The second-order valence-corrected chi connectivity index (χ2v) is 3.90. The van der Waals surface area contributed by atoms with E-state index in [0.717, 1.165) is 0 Å². The predicted octanol–water partition coefficient (Wildman–Crippen LogP) is 3.12. The van der Waals surface area contributed by atoms with Gasteiger partial charge in [-0.15, -0.1) is 0 Å². The summed E-state index contributed by atoms with van der Waals surface area (Å²) in [5, 5.41) is 1.86. The molecule has 1 aliphatic carbocycles. The standard InChI is InChI=1S/C12H9F4NO/c13-9-5-6-10(17-11(18)12(14,15)16)8-4-2-1-3-7(8)9/h1-5,10H,6H2,(H,17,18)/t10-/m0/s1. The van der Waals surface area contributed by atoms with Gasteiger partial charge in [-0.1, -0.05) is 24.3 Å². The van der Waals surface area contributed by atoms with Gasteiger partial charge in [0.25, 0.3) is 0 Å². The number of rotatable bonds is 1. The highest BCUT2D eigenvalue weighted by Gasteiger charge is 2.40. The zero-order valence-electron chi connectivity index (χ0n) is 9.09. The Kier molecular flexibility index (Phi) is 3.11. The number of carbonyl (C=O) groups excluding carboxylic acids is 1. The number of amides is 1. The van der Waals surface area contributed by atoms with Gasteiger partial charge in [0.15, 0.2) is 0 Å². The Morgan fingerprint density at radius 1 is 1.28 bits per heavy atom. The van der Waals surface area contributed by atoms with Crippen molar-refractivity contribution in [3.05, 3.63) is 41.5 Å². The first-order valence-corrected chi connectivity index (χ1v) is 5.22. The fraction of sp³-hybridized carbons (Fsp3) is 0.250. The minimum atomic E-state index is -4.94. The van der Waals surface area contributed by atoms with Gasteiger partial charge in [-0.25, -0.2) is 4.39 Å². The zero-order valence-corrected chi connectivity index (χ0v) is 9.09. The molecule has 0 aromatic heterocycles. The van der Waals surface area contributed by atoms with Crippen molar-refractivity contribution >= 4 is 11.7 Å². The van der Waals surface area contributed by atoms with E-state index < -0.39 is 24.0 Å². The van der Waals surface area contributed by atoms with E-state index in [9.17, 15) is 22.4 Å². The highest BCUT2D eigenvalue weighted by Crippen LogP contribution is 2.34. The van der Waals surface area contributed by atoms with Crippen molar-refractivity contribution in [3.63, 3.8) is 0 Å². The maximum atomic E-state index is 13.4. The van der Waals surface area contributed by atoms with Crippen LogP contribution in [0.25, 0.3) is 5.83 Å². The molecule has 0 heterocycles. The Labute approximate surface area is 100 Å². The molecular formula is C12H9F4NO. The summed E-state index contributed by atoms with van der Waals surface area (Å²) in [7, 11) is 0. The molecular weight excluding hydrogens is 250 g/mol. The van der Waals surface area contributed by atoms with Crippen molar-refractivity contribution in [2.75, 3.05) is 0 Å². The highest BCUT2D eigenvalue weighted by atomic mass is 19.4. The molecule has 2 rings (SSSR count). The quantitative estimate of drug-likeness (QED) is 0.771. The molecule has 1 aromatic carbocycles. The lowest BCUT2D eigenvalue weighted by Crippen LogP contribution is -2.39. The molecule has 0 saturated heterocycles. The summed E-state index contributed by atoms with van der Waals surface area (Å²) in [5.74, 6) is -2.50. The summed E-state index contributed by atoms with van der Waals surface area (Å²) in [5.41, 5.74) is 0.575. The second-order valence-electron chi connectivity index (χ2n) is 3.90. The summed E-state index contributed by atoms with van der Waals surface area (Å²) in [6.07, 6.45) is -3.76. The van der Waals surface area contributed by atoms with E-state index in [0.29, 0.717) is 5.56 Å². The molecule has 18 heavy (non-hydrogen) atoms. The van der Waals surface area contributed by atoms with Gasteiger partial charge < -0.3 is 5.32 Å². The average molecular weight is 259 g/mol. The van der Waals surface area contributed by atoms with E-state index >= 15 is 0 Å². The fourth-order valence-electron chi connectivity index (χ4n) is 1.85. The Hall–Kier alpha value is -1.85. The van der Waals surface area contributed by atoms with Crippen LogP contribution in [0.2, 0.25) is 0 Å². The second kappa shape index (κ2) is 4.44. The third-order valence-electron chi connectivity index (χ3n) is 2.69. The van der Waals surface area contributed by atoms with E-state index in [1.54, 1.807) is 12.1 Å². The summed E-state index contributed by atoms with van der Waals surface area (Å²) >= 11 is 0. The van der Waals surface area contributed by atoms with Crippen LogP contribution in [0.4, 0.5) is 17.6 Å². The maximum absolute atomic E-state index is 13.4. The van der Waals surface area contributed by atoms with Crippen molar-refractivity contribution < 1.29 is 22.4 Å². The van der Waals surface area contributed by atoms with Crippen LogP contribution in [0.3, 0.4) is 0 Å². The Balaban J connectivity index is 2.26. The van der Waals surface area contributed by atoms with Crippen LogP contribution in [-0.4, -0.2) is 12.1 Å². The smallest absolute Gasteiger partial charge is 0.341 e. The van der Waals surface area contributed by atoms with Crippen LogP contribution < -0.4 is 5.32 Å². The number of carbonyl (C=O) groups is 1. The lowest BCUT2D eigenvalue weighted by atomic mass is 9.92. The minimum absolute atomic E-state index is 0.00463. The number of alkyl halides is 3. The molecule has 1 N–H and O–H groups in total. The van der Waals surface area contributed by atoms with E-state index in [4.69, 9.17) is 0 Å². The van der Waals surface area contributed by atoms with Gasteiger partial charge in [-0.3, -0.25) is 4.79 Å². The van der Waals surface area contributed by atoms with Crippen molar-refractivity contribution in [1.29, 1.82) is 0 Å². The van der Waals surface area contributed by atoms with E-state index in [1.807, 2.05) is 5.32 Å². The van der Waals surface area contributed by atoms with Crippen LogP contribution >= 0.6 is 0 Å². The molecule has 6 heteroatoms. The monoisotopic (exact) mass is 259 g/mol. The van der Waals surface area contributed by atoms with Crippen LogP contribution in [-0.2, 0) is 4.79 Å². The van der Waals surface area contributed by atoms with Crippen LogP contribution in [0.15, 0.2) is 30.3 Å². The molecule has 1 aromatic rings. The third-order valence-corrected chi connectivity index (χ3v) is 2.69. The average Bonchev–Trinajstić information content (AvgIpc) is 2.32. The highest BCUT2D eigenvalue weighted by molar-refractivity contribution is 5.82. The Morgan fingerprint density at radius 3 is 2.61 bits per heavy atom. The zero-order chi connectivity index (χ0) is 13.3. The number of hydrogen-bond donors (Lipinski definition) is 1. The predicted molar refractivity (Wildman–Crippen MR) is 57.1 cm³/mol. The first-order valence-electron chi connectivity index (χ1n) is 5.22. The molecule has 96 valence electrons. The Bertz CT molecular complexity index is 507. The fourth-order valence-corrected chi connectivity index (χ4v) is 1.85. The number of fused-ring (bicyclic) bond motifs is 1. The van der Waals surface area contributed by atoms with Gasteiger partial charge >= 0.3 is 12.1 Å². The summed E-state index contributed by atoms with van der Waals surface area (Å²) in [6, 6.07) is 5.29. The SMILES string of the molecule is O=C(N[C@H]1CC=C(F)c2ccccc21)C(F)(F)F. The lowest BCUT2D eigenvalue weighted by Gasteiger charge is -2.24. The van der Waals surface area contributed by atoms with Crippen LogP contribution in [0, 0.1) is 0 Å². The normalized spacial score (nSPS) is 18.9. The molecule has 2 nitrogen and oxygen atoms in total. The molecule has 1 amide bonds. The number of benzene rings is 1. The van der Waals surface area contributed by atoms with Gasteiger partial charge in [0.2, 0.25) is 0 Å². The lowest BCUT2D eigenvalue weighted by molar-refractivity contribution is -0.174. The molecule has 0 fully saturated rings. The van der Waals surface area contributed by atoms with Gasteiger partial charge in [0.1, 0.15) is 5.83 Å². The Morgan fingerprint density at radius 2 is 1.94 bits per heavy atom. The minimum Gasteiger partial charge on any atom is -0.341 e. The maximum Gasteiger partial charge on any atom is 0.471 e. The topological polar surface area (TPSA) is 29.1 Å².